The van der Waals surface area contributed by atoms with Crippen LogP contribution >= 0.6 is 0 Å². The lowest BCUT2D eigenvalue weighted by molar-refractivity contribution is 0.0497. The van der Waals surface area contributed by atoms with Crippen molar-refractivity contribution in [2.24, 2.45) is 0 Å². The zero-order valence-electron chi connectivity index (χ0n) is 24.8. The summed E-state index contributed by atoms with van der Waals surface area (Å²) >= 11 is 0. The lowest BCUT2D eigenvalue weighted by Gasteiger charge is -2.09. The van der Waals surface area contributed by atoms with E-state index in [9.17, 15) is 9.59 Å². The quantitative estimate of drug-likeness (QED) is 0.0613. The molecule has 228 valence electrons. The summed E-state index contributed by atoms with van der Waals surface area (Å²) in [6, 6.07) is 21.8. The number of benzene rings is 3. The normalized spacial score (nSPS) is 16.8. The average molecular weight is 587 g/mol. The summed E-state index contributed by atoms with van der Waals surface area (Å²) < 4.78 is 27.2. The summed E-state index contributed by atoms with van der Waals surface area (Å²) in [5.74, 6) is 0.391. The van der Waals surface area contributed by atoms with Crippen LogP contribution in [0.15, 0.2) is 72.8 Å². The lowest BCUT2D eigenvalue weighted by Crippen LogP contribution is -2.09. The highest BCUT2D eigenvalue weighted by molar-refractivity contribution is 5.92. The van der Waals surface area contributed by atoms with Crippen LogP contribution in [0.5, 0.6) is 11.5 Å². The fraction of sp³-hybridized carbons (Fsp3) is 0.444. The van der Waals surface area contributed by atoms with Crippen molar-refractivity contribution < 1.29 is 33.3 Å². The summed E-state index contributed by atoms with van der Waals surface area (Å²) in [5, 5.41) is 0. The molecule has 7 nitrogen and oxygen atoms in total. The minimum absolute atomic E-state index is 0.366. The smallest absolute Gasteiger partial charge is 0.343 e. The number of carbonyl (C=O) groups excluding carboxylic acids is 2. The summed E-state index contributed by atoms with van der Waals surface area (Å²) in [6.07, 6.45) is 12.4. The molecular weight excluding hydrogens is 544 g/mol. The molecule has 0 radical (unpaired) electrons. The molecule has 0 aliphatic carbocycles. The second-order valence-corrected chi connectivity index (χ2v) is 11.3. The van der Waals surface area contributed by atoms with Gasteiger partial charge in [0, 0.05) is 0 Å². The maximum Gasteiger partial charge on any atom is 0.343 e. The van der Waals surface area contributed by atoms with Crippen molar-refractivity contribution in [2.45, 2.75) is 76.4 Å². The van der Waals surface area contributed by atoms with Crippen molar-refractivity contribution in [3.8, 4) is 22.6 Å². The Hall–Kier alpha value is -3.68. The van der Waals surface area contributed by atoms with Gasteiger partial charge in [-0.25, -0.2) is 9.59 Å². The fourth-order valence-corrected chi connectivity index (χ4v) is 4.93. The molecule has 0 amide bonds. The third-order valence-electron chi connectivity index (χ3n) is 7.76. The van der Waals surface area contributed by atoms with Gasteiger partial charge in [0.05, 0.1) is 49.8 Å². The Labute approximate surface area is 254 Å². The third kappa shape index (κ3) is 10.8. The highest BCUT2D eigenvalue weighted by Gasteiger charge is 2.21. The number of esters is 2. The van der Waals surface area contributed by atoms with Crippen LogP contribution in [0, 0.1) is 0 Å². The molecule has 2 aliphatic heterocycles. The molecule has 7 heteroatoms. The predicted octanol–water partition coefficient (Wildman–Crippen LogP) is 7.81. The number of ether oxygens (including phenoxy) is 5. The van der Waals surface area contributed by atoms with E-state index in [1.165, 1.54) is 38.5 Å². The van der Waals surface area contributed by atoms with Gasteiger partial charge in [0.25, 0.3) is 0 Å². The molecule has 2 aliphatic rings. The summed E-state index contributed by atoms with van der Waals surface area (Å²) in [7, 11) is 0. The van der Waals surface area contributed by atoms with Crippen molar-refractivity contribution in [2.75, 3.05) is 26.4 Å². The van der Waals surface area contributed by atoms with Crippen molar-refractivity contribution in [1.82, 2.24) is 0 Å². The summed E-state index contributed by atoms with van der Waals surface area (Å²) in [5.41, 5.74) is 2.91. The Morgan fingerprint density at radius 3 is 1.65 bits per heavy atom. The minimum atomic E-state index is -0.460. The molecular formula is C36H42O7. The molecule has 43 heavy (non-hydrogen) atoms. The number of hydrogen-bond donors (Lipinski definition) is 0. The molecule has 5 rings (SSSR count). The molecule has 0 aromatic heterocycles. The predicted molar refractivity (Wildman–Crippen MR) is 165 cm³/mol. The van der Waals surface area contributed by atoms with Gasteiger partial charge >= 0.3 is 11.9 Å². The minimum Gasteiger partial charge on any atom is -0.494 e. The molecule has 2 unspecified atom stereocenters. The third-order valence-corrected chi connectivity index (χ3v) is 7.76. The van der Waals surface area contributed by atoms with E-state index >= 15 is 0 Å². The standard InChI is InChI=1S/C36H42O7/c37-35(40-24-8-6-10-34-26-42-34)29-17-21-32(22-18-29)43-36(38)30-13-11-27(12-14-30)28-15-19-31(20-16-28)39-23-7-4-2-1-3-5-9-33-25-41-33/h11-22,33-34H,1-10,23-26H2. The number of unbranched alkanes of at least 4 members (excludes halogenated alkanes) is 6. The average Bonchev–Trinajstić information content (AvgIpc) is 3.97. The molecule has 0 N–H and O–H groups in total. The molecule has 0 bridgehead atoms. The van der Waals surface area contributed by atoms with Gasteiger partial charge in [0.15, 0.2) is 0 Å². The monoisotopic (exact) mass is 586 g/mol. The van der Waals surface area contributed by atoms with E-state index in [4.69, 9.17) is 23.7 Å². The fourth-order valence-electron chi connectivity index (χ4n) is 4.93. The zero-order chi connectivity index (χ0) is 29.7. The molecule has 3 aromatic carbocycles. The van der Waals surface area contributed by atoms with Gasteiger partial charge in [-0.2, -0.15) is 0 Å². The summed E-state index contributed by atoms with van der Waals surface area (Å²) in [4.78, 5) is 24.9. The number of carbonyl (C=O) groups is 2. The van der Waals surface area contributed by atoms with Crippen LogP contribution in [0.1, 0.15) is 84.9 Å². The molecule has 2 heterocycles. The number of hydrogen-bond acceptors (Lipinski definition) is 7. The largest absolute Gasteiger partial charge is 0.494 e. The van der Waals surface area contributed by atoms with Crippen molar-refractivity contribution in [3.63, 3.8) is 0 Å². The van der Waals surface area contributed by atoms with Crippen LogP contribution in [-0.4, -0.2) is 50.6 Å². The molecule has 3 aromatic rings. The molecule has 2 saturated heterocycles. The molecule has 0 saturated carbocycles. The Bertz CT molecular complexity index is 1280. The van der Waals surface area contributed by atoms with Crippen LogP contribution in [-0.2, 0) is 14.2 Å². The maximum atomic E-state index is 12.7. The van der Waals surface area contributed by atoms with E-state index in [-0.39, 0.29) is 5.97 Å². The van der Waals surface area contributed by atoms with E-state index in [1.54, 1.807) is 36.4 Å². The van der Waals surface area contributed by atoms with E-state index in [0.717, 1.165) is 62.4 Å². The Balaban J connectivity index is 0.985. The first-order valence-electron chi connectivity index (χ1n) is 15.7. The highest BCUT2D eigenvalue weighted by atomic mass is 16.6. The second-order valence-electron chi connectivity index (χ2n) is 11.3. The van der Waals surface area contributed by atoms with Gasteiger partial charge in [-0.1, -0.05) is 56.4 Å². The van der Waals surface area contributed by atoms with Crippen LogP contribution in [0.4, 0.5) is 0 Å². The van der Waals surface area contributed by atoms with Gasteiger partial charge in [-0.05, 0) is 91.8 Å². The molecule has 2 atom stereocenters. The first-order valence-corrected chi connectivity index (χ1v) is 15.7. The van der Waals surface area contributed by atoms with Gasteiger partial charge in [0.1, 0.15) is 11.5 Å². The highest BCUT2D eigenvalue weighted by Crippen LogP contribution is 2.24. The van der Waals surface area contributed by atoms with E-state index < -0.39 is 5.97 Å². The van der Waals surface area contributed by atoms with Gasteiger partial charge in [-0.15, -0.1) is 0 Å². The molecule has 0 spiro atoms. The van der Waals surface area contributed by atoms with Crippen LogP contribution in [0.25, 0.3) is 11.1 Å². The maximum absolute atomic E-state index is 12.7. The van der Waals surface area contributed by atoms with Gasteiger partial charge in [-0.3, -0.25) is 0 Å². The van der Waals surface area contributed by atoms with Crippen molar-refractivity contribution >= 4 is 11.9 Å². The van der Waals surface area contributed by atoms with E-state index in [0.29, 0.717) is 35.7 Å². The first kappa shape index (κ1) is 30.8. The van der Waals surface area contributed by atoms with Gasteiger partial charge < -0.3 is 23.7 Å². The van der Waals surface area contributed by atoms with E-state index in [1.807, 2.05) is 36.4 Å². The second kappa shape index (κ2) is 16.2. The topological polar surface area (TPSA) is 86.9 Å². The van der Waals surface area contributed by atoms with Crippen molar-refractivity contribution in [3.05, 3.63) is 83.9 Å². The zero-order valence-corrected chi connectivity index (χ0v) is 24.8. The molecule has 2 fully saturated rings. The SMILES string of the molecule is O=C(OCCCCC1CO1)c1ccc(OC(=O)c2ccc(-c3ccc(OCCCCCCCCC4CO4)cc3)cc2)cc1. The van der Waals surface area contributed by atoms with Gasteiger partial charge in [0.2, 0.25) is 0 Å². The lowest BCUT2D eigenvalue weighted by atomic mass is 10.0. The van der Waals surface area contributed by atoms with E-state index in [2.05, 4.69) is 0 Å². The number of rotatable bonds is 19. The Morgan fingerprint density at radius 1 is 0.558 bits per heavy atom. The van der Waals surface area contributed by atoms with Crippen LogP contribution in [0.2, 0.25) is 0 Å². The Morgan fingerprint density at radius 2 is 1.02 bits per heavy atom. The Kier molecular flexibility index (Phi) is 11.6. The van der Waals surface area contributed by atoms with Crippen LogP contribution in [0.3, 0.4) is 0 Å². The van der Waals surface area contributed by atoms with Crippen molar-refractivity contribution in [1.29, 1.82) is 0 Å². The number of epoxide rings is 2. The van der Waals surface area contributed by atoms with Crippen LogP contribution < -0.4 is 9.47 Å². The first-order chi connectivity index (χ1) is 21.1. The summed E-state index contributed by atoms with van der Waals surface area (Å²) in [6.45, 7) is 2.94.